The first-order valence-corrected chi connectivity index (χ1v) is 7.98. The quantitative estimate of drug-likeness (QED) is 0.811. The van der Waals surface area contributed by atoms with E-state index in [0.29, 0.717) is 5.92 Å². The minimum Gasteiger partial charge on any atom is -0.356 e. The van der Waals surface area contributed by atoms with E-state index in [2.05, 4.69) is 47.0 Å². The van der Waals surface area contributed by atoms with Crippen molar-refractivity contribution in [2.24, 2.45) is 5.92 Å². The van der Waals surface area contributed by atoms with Gasteiger partial charge in [-0.2, -0.15) is 0 Å². The molecule has 112 valence electrons. The molecule has 0 atom stereocenters. The third kappa shape index (κ3) is 4.17. The molecule has 0 saturated carbocycles. The SMILES string of the molecule is CCCNCC1CCN(c2cc(C(C)C)ncn2)CC1. The van der Waals surface area contributed by atoms with Crippen LogP contribution in [0.1, 0.15) is 51.6 Å². The monoisotopic (exact) mass is 276 g/mol. The number of aromatic nitrogens is 2. The molecule has 1 fully saturated rings. The van der Waals surface area contributed by atoms with Crippen LogP contribution in [0.4, 0.5) is 5.82 Å². The minimum absolute atomic E-state index is 0.465. The Kier molecular flexibility index (Phi) is 5.77. The molecular weight excluding hydrogens is 248 g/mol. The van der Waals surface area contributed by atoms with Gasteiger partial charge in [-0.3, -0.25) is 0 Å². The molecule has 0 amide bonds. The summed E-state index contributed by atoms with van der Waals surface area (Å²) in [5.74, 6) is 2.39. The van der Waals surface area contributed by atoms with Crippen molar-refractivity contribution in [1.29, 1.82) is 0 Å². The van der Waals surface area contributed by atoms with Gasteiger partial charge in [-0.15, -0.1) is 0 Å². The lowest BCUT2D eigenvalue weighted by molar-refractivity contribution is 0.382. The van der Waals surface area contributed by atoms with Gasteiger partial charge in [-0.05, 0) is 44.2 Å². The smallest absolute Gasteiger partial charge is 0.132 e. The summed E-state index contributed by atoms with van der Waals surface area (Å²) in [6, 6.07) is 2.15. The molecule has 0 aliphatic carbocycles. The zero-order valence-electron chi connectivity index (χ0n) is 13.1. The van der Waals surface area contributed by atoms with E-state index in [9.17, 15) is 0 Å². The molecule has 0 radical (unpaired) electrons. The topological polar surface area (TPSA) is 41.0 Å². The van der Waals surface area contributed by atoms with Gasteiger partial charge in [0.05, 0.1) is 0 Å². The summed E-state index contributed by atoms with van der Waals surface area (Å²) >= 11 is 0. The maximum absolute atomic E-state index is 4.45. The van der Waals surface area contributed by atoms with Crippen LogP contribution in [-0.4, -0.2) is 36.1 Å². The van der Waals surface area contributed by atoms with E-state index in [1.165, 1.54) is 25.8 Å². The highest BCUT2D eigenvalue weighted by molar-refractivity contribution is 5.39. The number of nitrogens with zero attached hydrogens (tertiary/aromatic N) is 3. The third-order valence-electron chi connectivity index (χ3n) is 4.06. The number of nitrogens with one attached hydrogen (secondary N) is 1. The predicted molar refractivity (Wildman–Crippen MR) is 84.2 cm³/mol. The maximum Gasteiger partial charge on any atom is 0.132 e. The van der Waals surface area contributed by atoms with Gasteiger partial charge in [0, 0.05) is 24.8 Å². The Labute approximate surface area is 123 Å². The molecule has 0 bridgehead atoms. The van der Waals surface area contributed by atoms with Crippen molar-refractivity contribution in [1.82, 2.24) is 15.3 Å². The zero-order chi connectivity index (χ0) is 14.4. The van der Waals surface area contributed by atoms with Gasteiger partial charge in [-0.1, -0.05) is 20.8 Å². The van der Waals surface area contributed by atoms with E-state index in [0.717, 1.165) is 37.1 Å². The molecule has 2 rings (SSSR count). The molecular formula is C16H28N4. The lowest BCUT2D eigenvalue weighted by atomic mass is 9.96. The molecule has 20 heavy (non-hydrogen) atoms. The fourth-order valence-electron chi connectivity index (χ4n) is 2.70. The summed E-state index contributed by atoms with van der Waals surface area (Å²) in [4.78, 5) is 11.2. The van der Waals surface area contributed by atoms with Crippen LogP contribution < -0.4 is 10.2 Å². The standard InChI is InChI=1S/C16H28N4/c1-4-7-17-11-14-5-8-20(9-6-14)16-10-15(13(2)3)18-12-19-16/h10,12-14,17H,4-9,11H2,1-3H3. The molecule has 1 aromatic heterocycles. The summed E-state index contributed by atoms with van der Waals surface area (Å²) in [6.07, 6.45) is 5.45. The number of anilines is 1. The molecule has 1 saturated heterocycles. The van der Waals surface area contributed by atoms with E-state index in [4.69, 9.17) is 0 Å². The Balaban J connectivity index is 1.85. The maximum atomic E-state index is 4.45. The van der Waals surface area contributed by atoms with Gasteiger partial charge < -0.3 is 10.2 Å². The van der Waals surface area contributed by atoms with Crippen LogP contribution in [0.25, 0.3) is 0 Å². The first-order valence-electron chi connectivity index (χ1n) is 7.98. The molecule has 4 heteroatoms. The van der Waals surface area contributed by atoms with Crippen LogP contribution in [0.5, 0.6) is 0 Å². The summed E-state index contributed by atoms with van der Waals surface area (Å²) in [6.45, 7) is 11.1. The van der Waals surface area contributed by atoms with Crippen LogP contribution >= 0.6 is 0 Å². The Hall–Kier alpha value is -1.16. The Morgan fingerprint density at radius 1 is 1.30 bits per heavy atom. The minimum atomic E-state index is 0.465. The van der Waals surface area contributed by atoms with E-state index < -0.39 is 0 Å². The lowest BCUT2D eigenvalue weighted by Gasteiger charge is -2.33. The zero-order valence-corrected chi connectivity index (χ0v) is 13.1. The van der Waals surface area contributed by atoms with Crippen molar-refractivity contribution in [3.8, 4) is 0 Å². The van der Waals surface area contributed by atoms with Crippen LogP contribution in [0.15, 0.2) is 12.4 Å². The van der Waals surface area contributed by atoms with Gasteiger partial charge in [0.25, 0.3) is 0 Å². The summed E-state index contributed by atoms with van der Waals surface area (Å²) < 4.78 is 0. The average Bonchev–Trinajstić information content (AvgIpc) is 2.48. The van der Waals surface area contributed by atoms with Gasteiger partial charge in [0.15, 0.2) is 0 Å². The molecule has 1 aromatic rings. The second-order valence-corrected chi connectivity index (χ2v) is 6.09. The van der Waals surface area contributed by atoms with Gasteiger partial charge >= 0.3 is 0 Å². The van der Waals surface area contributed by atoms with Crippen molar-refractivity contribution in [3.05, 3.63) is 18.1 Å². The Bertz CT molecular complexity index is 397. The van der Waals surface area contributed by atoms with Crippen LogP contribution in [0, 0.1) is 5.92 Å². The van der Waals surface area contributed by atoms with Crippen molar-refractivity contribution in [2.45, 2.75) is 46.0 Å². The second kappa shape index (κ2) is 7.58. The fourth-order valence-corrected chi connectivity index (χ4v) is 2.70. The van der Waals surface area contributed by atoms with E-state index >= 15 is 0 Å². The highest BCUT2D eigenvalue weighted by Gasteiger charge is 2.20. The molecule has 0 unspecified atom stereocenters. The first-order chi connectivity index (χ1) is 9.70. The highest BCUT2D eigenvalue weighted by atomic mass is 15.2. The first kappa shape index (κ1) is 15.2. The van der Waals surface area contributed by atoms with Crippen LogP contribution in [0.3, 0.4) is 0 Å². The third-order valence-corrected chi connectivity index (χ3v) is 4.06. The summed E-state index contributed by atoms with van der Waals surface area (Å²) in [7, 11) is 0. The summed E-state index contributed by atoms with van der Waals surface area (Å²) in [5, 5.41) is 3.54. The molecule has 0 aromatic carbocycles. The van der Waals surface area contributed by atoms with Crippen molar-refractivity contribution >= 4 is 5.82 Å². The predicted octanol–water partition coefficient (Wildman–Crippen LogP) is 2.82. The number of piperidine rings is 1. The van der Waals surface area contributed by atoms with Crippen molar-refractivity contribution in [2.75, 3.05) is 31.1 Å². The van der Waals surface area contributed by atoms with Crippen LogP contribution in [0.2, 0.25) is 0 Å². The normalized spacial score (nSPS) is 16.9. The molecule has 1 aliphatic heterocycles. The van der Waals surface area contributed by atoms with Crippen LogP contribution in [-0.2, 0) is 0 Å². The van der Waals surface area contributed by atoms with Gasteiger partial charge in [0.2, 0.25) is 0 Å². The highest BCUT2D eigenvalue weighted by Crippen LogP contribution is 2.23. The van der Waals surface area contributed by atoms with E-state index in [1.807, 2.05) is 0 Å². The van der Waals surface area contributed by atoms with E-state index in [-0.39, 0.29) is 0 Å². The van der Waals surface area contributed by atoms with Gasteiger partial charge in [-0.25, -0.2) is 9.97 Å². The molecule has 2 heterocycles. The molecule has 1 N–H and O–H groups in total. The number of rotatable bonds is 6. The molecule has 0 spiro atoms. The van der Waals surface area contributed by atoms with E-state index in [1.54, 1.807) is 6.33 Å². The number of hydrogen-bond donors (Lipinski definition) is 1. The molecule has 1 aliphatic rings. The van der Waals surface area contributed by atoms with Crippen molar-refractivity contribution < 1.29 is 0 Å². The average molecular weight is 276 g/mol. The van der Waals surface area contributed by atoms with Crippen molar-refractivity contribution in [3.63, 3.8) is 0 Å². The Morgan fingerprint density at radius 3 is 2.70 bits per heavy atom. The summed E-state index contributed by atoms with van der Waals surface area (Å²) in [5.41, 5.74) is 1.14. The Morgan fingerprint density at radius 2 is 2.05 bits per heavy atom. The van der Waals surface area contributed by atoms with Gasteiger partial charge in [0.1, 0.15) is 12.1 Å². The molecule has 4 nitrogen and oxygen atoms in total. The lowest BCUT2D eigenvalue weighted by Crippen LogP contribution is -2.37. The number of hydrogen-bond acceptors (Lipinski definition) is 4. The fraction of sp³-hybridized carbons (Fsp3) is 0.750. The second-order valence-electron chi connectivity index (χ2n) is 6.09. The largest absolute Gasteiger partial charge is 0.356 e.